The minimum absolute atomic E-state index is 0.160. The van der Waals surface area contributed by atoms with Gasteiger partial charge >= 0.3 is 6.09 Å². The second-order valence-electron chi connectivity index (χ2n) is 3.68. The van der Waals surface area contributed by atoms with Crippen molar-refractivity contribution in [1.29, 1.82) is 0 Å². The topological polar surface area (TPSA) is 55.6 Å². The first-order valence-corrected chi connectivity index (χ1v) is 4.73. The van der Waals surface area contributed by atoms with Gasteiger partial charge in [-0.05, 0) is 25.7 Å². The summed E-state index contributed by atoms with van der Waals surface area (Å²) in [6.07, 6.45) is 1.91. The molecule has 0 aliphatic carbocycles. The average Bonchev–Trinajstić information content (AvgIpc) is 2.17. The van der Waals surface area contributed by atoms with Crippen LogP contribution in [0.2, 0.25) is 0 Å². The molecule has 2 atom stereocenters. The number of hydrogen-bond acceptors (Lipinski definition) is 3. The Labute approximate surface area is 79.0 Å². The van der Waals surface area contributed by atoms with E-state index in [1.165, 1.54) is 7.11 Å². The molecule has 0 radical (unpaired) electrons. The van der Waals surface area contributed by atoms with Crippen molar-refractivity contribution in [3.8, 4) is 0 Å². The highest BCUT2D eigenvalue weighted by Gasteiger charge is 2.25. The number of likely N-dealkylation sites (tertiary alicyclic amines) is 1. The Balaban J connectivity index is 2.46. The smallest absolute Gasteiger partial charge is 0.409 e. The molecule has 0 aromatic heterocycles. The normalized spacial score (nSPS) is 25.5. The molecule has 1 aliphatic rings. The summed E-state index contributed by atoms with van der Waals surface area (Å²) >= 11 is 0. The Kier molecular flexibility index (Phi) is 3.54. The predicted molar refractivity (Wildman–Crippen MR) is 50.4 cm³/mol. The number of methoxy groups -OCH3 is 1. The molecule has 0 bridgehead atoms. The Morgan fingerprint density at radius 1 is 1.69 bits per heavy atom. The quantitative estimate of drug-likeness (QED) is 0.659. The van der Waals surface area contributed by atoms with E-state index in [9.17, 15) is 4.79 Å². The third-order valence-corrected chi connectivity index (χ3v) is 2.63. The number of hydrogen-bond donors (Lipinski definition) is 1. The van der Waals surface area contributed by atoms with Crippen LogP contribution in [0.5, 0.6) is 0 Å². The summed E-state index contributed by atoms with van der Waals surface area (Å²) in [6.45, 7) is 3.53. The summed E-state index contributed by atoms with van der Waals surface area (Å²) in [5.74, 6) is 0.424. The van der Waals surface area contributed by atoms with Gasteiger partial charge in [0.2, 0.25) is 0 Å². The van der Waals surface area contributed by atoms with Gasteiger partial charge in [-0.1, -0.05) is 0 Å². The first-order chi connectivity index (χ1) is 6.15. The highest BCUT2D eigenvalue weighted by atomic mass is 16.5. The molecule has 76 valence electrons. The van der Waals surface area contributed by atoms with Gasteiger partial charge in [0, 0.05) is 19.1 Å². The number of rotatable bonds is 1. The van der Waals surface area contributed by atoms with E-state index in [1.54, 1.807) is 4.90 Å². The third kappa shape index (κ3) is 2.59. The minimum atomic E-state index is -0.231. The summed E-state index contributed by atoms with van der Waals surface area (Å²) in [7, 11) is 1.41. The number of nitrogens with zero attached hydrogens (tertiary/aromatic N) is 1. The van der Waals surface area contributed by atoms with Crippen LogP contribution in [0.3, 0.4) is 0 Å². The molecule has 13 heavy (non-hydrogen) atoms. The lowest BCUT2D eigenvalue weighted by Gasteiger charge is -2.33. The van der Waals surface area contributed by atoms with Crippen LogP contribution in [0.25, 0.3) is 0 Å². The molecule has 1 heterocycles. The highest BCUT2D eigenvalue weighted by molar-refractivity contribution is 5.67. The second kappa shape index (κ2) is 4.46. The number of carbonyl (C=O) groups is 1. The fourth-order valence-electron chi connectivity index (χ4n) is 1.73. The molecule has 0 saturated carbocycles. The lowest BCUT2D eigenvalue weighted by molar-refractivity contribution is 0.0986. The Morgan fingerprint density at radius 3 is 2.92 bits per heavy atom. The van der Waals surface area contributed by atoms with Crippen molar-refractivity contribution in [3.63, 3.8) is 0 Å². The van der Waals surface area contributed by atoms with Crippen LogP contribution in [-0.4, -0.2) is 37.2 Å². The molecule has 1 amide bonds. The SMILES string of the molecule is COC(=O)N1CCCC(C(C)N)C1. The van der Waals surface area contributed by atoms with Crippen molar-refractivity contribution in [3.05, 3.63) is 0 Å². The monoisotopic (exact) mass is 186 g/mol. The van der Waals surface area contributed by atoms with E-state index in [1.807, 2.05) is 6.92 Å². The molecule has 4 nitrogen and oxygen atoms in total. The molecule has 1 aliphatic heterocycles. The zero-order valence-corrected chi connectivity index (χ0v) is 8.32. The van der Waals surface area contributed by atoms with E-state index in [2.05, 4.69) is 4.74 Å². The van der Waals surface area contributed by atoms with Crippen LogP contribution in [0.15, 0.2) is 0 Å². The maximum atomic E-state index is 11.2. The van der Waals surface area contributed by atoms with E-state index in [0.717, 1.165) is 25.9 Å². The van der Waals surface area contributed by atoms with Crippen LogP contribution < -0.4 is 5.73 Å². The van der Waals surface area contributed by atoms with Crippen LogP contribution in [0.4, 0.5) is 4.79 Å². The Bertz CT molecular complexity index is 182. The van der Waals surface area contributed by atoms with Gasteiger partial charge in [0.05, 0.1) is 7.11 Å². The number of ether oxygens (including phenoxy) is 1. The first-order valence-electron chi connectivity index (χ1n) is 4.73. The molecule has 0 spiro atoms. The van der Waals surface area contributed by atoms with E-state index < -0.39 is 0 Å². The predicted octanol–water partition coefficient (Wildman–Crippen LogP) is 0.812. The second-order valence-corrected chi connectivity index (χ2v) is 3.68. The summed E-state index contributed by atoms with van der Waals surface area (Å²) in [4.78, 5) is 12.9. The lowest BCUT2D eigenvalue weighted by atomic mass is 9.92. The summed E-state index contributed by atoms with van der Waals surface area (Å²) in [5, 5.41) is 0. The standard InChI is InChI=1S/C9H18N2O2/c1-7(10)8-4-3-5-11(6-8)9(12)13-2/h7-8H,3-6,10H2,1-2H3. The third-order valence-electron chi connectivity index (χ3n) is 2.63. The number of nitrogens with two attached hydrogens (primary N) is 1. The van der Waals surface area contributed by atoms with Gasteiger partial charge < -0.3 is 15.4 Å². The maximum Gasteiger partial charge on any atom is 0.409 e. The van der Waals surface area contributed by atoms with Gasteiger partial charge in [-0.2, -0.15) is 0 Å². The number of piperidine rings is 1. The van der Waals surface area contributed by atoms with E-state index >= 15 is 0 Å². The van der Waals surface area contributed by atoms with Crippen molar-refractivity contribution in [1.82, 2.24) is 4.90 Å². The molecular weight excluding hydrogens is 168 g/mol. The van der Waals surface area contributed by atoms with E-state index in [-0.39, 0.29) is 12.1 Å². The Hall–Kier alpha value is -0.770. The van der Waals surface area contributed by atoms with Gasteiger partial charge in [0.1, 0.15) is 0 Å². The molecule has 0 aromatic carbocycles. The minimum Gasteiger partial charge on any atom is -0.453 e. The molecule has 1 fully saturated rings. The molecule has 1 saturated heterocycles. The van der Waals surface area contributed by atoms with Gasteiger partial charge in [-0.3, -0.25) is 0 Å². The van der Waals surface area contributed by atoms with Crippen molar-refractivity contribution < 1.29 is 9.53 Å². The van der Waals surface area contributed by atoms with Crippen molar-refractivity contribution in [2.24, 2.45) is 11.7 Å². The van der Waals surface area contributed by atoms with Crippen molar-refractivity contribution in [2.75, 3.05) is 20.2 Å². The largest absolute Gasteiger partial charge is 0.453 e. The van der Waals surface area contributed by atoms with Crippen molar-refractivity contribution >= 4 is 6.09 Å². The molecular formula is C9H18N2O2. The maximum absolute atomic E-state index is 11.2. The molecule has 0 aromatic rings. The van der Waals surface area contributed by atoms with Gasteiger partial charge in [0.15, 0.2) is 0 Å². The lowest BCUT2D eigenvalue weighted by Crippen LogP contribution is -2.44. The van der Waals surface area contributed by atoms with E-state index in [0.29, 0.717) is 5.92 Å². The fraction of sp³-hybridized carbons (Fsp3) is 0.889. The van der Waals surface area contributed by atoms with Gasteiger partial charge in [0.25, 0.3) is 0 Å². The van der Waals surface area contributed by atoms with Gasteiger partial charge in [-0.25, -0.2) is 4.79 Å². The van der Waals surface area contributed by atoms with Crippen molar-refractivity contribution in [2.45, 2.75) is 25.8 Å². The van der Waals surface area contributed by atoms with Crippen LogP contribution in [0.1, 0.15) is 19.8 Å². The molecule has 1 rings (SSSR count). The summed E-state index contributed by atoms with van der Waals surface area (Å²) in [6, 6.07) is 0.160. The number of carbonyl (C=O) groups excluding carboxylic acids is 1. The van der Waals surface area contributed by atoms with Crippen LogP contribution in [-0.2, 0) is 4.74 Å². The fourth-order valence-corrected chi connectivity index (χ4v) is 1.73. The first kappa shape index (κ1) is 10.3. The van der Waals surface area contributed by atoms with Gasteiger partial charge in [-0.15, -0.1) is 0 Å². The summed E-state index contributed by atoms with van der Waals surface area (Å²) < 4.78 is 4.66. The zero-order chi connectivity index (χ0) is 9.84. The highest BCUT2D eigenvalue weighted by Crippen LogP contribution is 2.18. The molecule has 4 heteroatoms. The average molecular weight is 186 g/mol. The van der Waals surface area contributed by atoms with E-state index in [4.69, 9.17) is 5.73 Å². The summed E-state index contributed by atoms with van der Waals surface area (Å²) in [5.41, 5.74) is 5.79. The zero-order valence-electron chi connectivity index (χ0n) is 8.32. The molecule has 2 N–H and O–H groups in total. The van der Waals surface area contributed by atoms with Crippen LogP contribution in [0, 0.1) is 5.92 Å². The number of amides is 1. The Morgan fingerprint density at radius 2 is 2.38 bits per heavy atom. The molecule has 2 unspecified atom stereocenters. The van der Waals surface area contributed by atoms with Crippen LogP contribution >= 0.6 is 0 Å².